The van der Waals surface area contributed by atoms with Gasteiger partial charge < -0.3 is 15.2 Å². The van der Waals surface area contributed by atoms with Gasteiger partial charge in [-0.05, 0) is 44.0 Å². The lowest BCUT2D eigenvalue weighted by Gasteiger charge is -2.15. The maximum Gasteiger partial charge on any atom is 0.306 e. The number of benzene rings is 1. The van der Waals surface area contributed by atoms with Crippen molar-refractivity contribution in [1.29, 1.82) is 0 Å². The van der Waals surface area contributed by atoms with E-state index in [0.29, 0.717) is 25.1 Å². The van der Waals surface area contributed by atoms with E-state index in [0.717, 1.165) is 4.47 Å². The molecule has 0 aromatic heterocycles. The van der Waals surface area contributed by atoms with Crippen molar-refractivity contribution in [3.05, 3.63) is 28.7 Å². The molecule has 0 spiro atoms. The summed E-state index contributed by atoms with van der Waals surface area (Å²) in [6.45, 7) is 3.78. The van der Waals surface area contributed by atoms with E-state index in [2.05, 4.69) is 21.2 Å². The van der Waals surface area contributed by atoms with Gasteiger partial charge in [-0.1, -0.05) is 22.9 Å². The summed E-state index contributed by atoms with van der Waals surface area (Å²) in [6, 6.07) is 7.24. The second-order valence-corrected chi connectivity index (χ2v) is 5.80. The van der Waals surface area contributed by atoms with Gasteiger partial charge in [0.05, 0.1) is 5.92 Å². The van der Waals surface area contributed by atoms with Gasteiger partial charge in [0, 0.05) is 11.0 Å². The van der Waals surface area contributed by atoms with Crippen LogP contribution in [0.1, 0.15) is 26.7 Å². The van der Waals surface area contributed by atoms with Crippen LogP contribution in [0.25, 0.3) is 0 Å². The van der Waals surface area contributed by atoms with Gasteiger partial charge in [0.15, 0.2) is 6.10 Å². The topological polar surface area (TPSA) is 75.6 Å². The molecule has 0 bridgehead atoms. The normalized spacial score (nSPS) is 13.3. The second kappa shape index (κ2) is 8.67. The SMILES string of the molecule is CC(CCCNC(=O)C(C)Oc1ccc(Br)cc1)C(=O)O. The fourth-order valence-electron chi connectivity index (χ4n) is 1.66. The average Bonchev–Trinajstić information content (AvgIpc) is 2.45. The number of hydrogen-bond acceptors (Lipinski definition) is 3. The number of ether oxygens (including phenoxy) is 1. The molecule has 0 heterocycles. The van der Waals surface area contributed by atoms with Crippen LogP contribution in [0.3, 0.4) is 0 Å². The van der Waals surface area contributed by atoms with Gasteiger partial charge in [0.1, 0.15) is 5.75 Å². The minimum atomic E-state index is -0.812. The highest BCUT2D eigenvalue weighted by molar-refractivity contribution is 9.10. The van der Waals surface area contributed by atoms with Crippen LogP contribution >= 0.6 is 15.9 Å². The molecule has 1 aromatic rings. The van der Waals surface area contributed by atoms with Crippen molar-refractivity contribution in [3.8, 4) is 5.75 Å². The number of carbonyl (C=O) groups excluding carboxylic acids is 1. The lowest BCUT2D eigenvalue weighted by atomic mass is 10.1. The summed E-state index contributed by atoms with van der Waals surface area (Å²) in [5.74, 6) is -0.784. The summed E-state index contributed by atoms with van der Waals surface area (Å²) >= 11 is 3.33. The monoisotopic (exact) mass is 357 g/mol. The molecule has 5 nitrogen and oxygen atoms in total. The van der Waals surface area contributed by atoms with Crippen molar-refractivity contribution in [3.63, 3.8) is 0 Å². The third-order valence-corrected chi connectivity index (χ3v) is 3.56. The first-order chi connectivity index (χ1) is 9.90. The molecule has 1 rings (SSSR count). The maximum absolute atomic E-state index is 11.8. The van der Waals surface area contributed by atoms with Crippen LogP contribution < -0.4 is 10.1 Å². The molecule has 0 radical (unpaired) electrons. The minimum absolute atomic E-state index is 0.208. The first-order valence-electron chi connectivity index (χ1n) is 6.83. The molecule has 0 saturated heterocycles. The molecule has 2 atom stereocenters. The van der Waals surface area contributed by atoms with E-state index in [9.17, 15) is 9.59 Å². The Bertz CT molecular complexity index is 475. The molecule has 21 heavy (non-hydrogen) atoms. The van der Waals surface area contributed by atoms with Gasteiger partial charge in [0.2, 0.25) is 0 Å². The molecule has 116 valence electrons. The first kappa shape index (κ1) is 17.5. The zero-order chi connectivity index (χ0) is 15.8. The van der Waals surface area contributed by atoms with Gasteiger partial charge in [-0.25, -0.2) is 0 Å². The average molecular weight is 358 g/mol. The van der Waals surface area contributed by atoms with Crippen molar-refractivity contribution in [2.24, 2.45) is 5.92 Å². The van der Waals surface area contributed by atoms with Crippen molar-refractivity contribution in [1.82, 2.24) is 5.32 Å². The van der Waals surface area contributed by atoms with Crippen LogP contribution in [-0.4, -0.2) is 29.6 Å². The molecule has 1 amide bonds. The van der Waals surface area contributed by atoms with E-state index >= 15 is 0 Å². The summed E-state index contributed by atoms with van der Waals surface area (Å²) in [5, 5.41) is 11.5. The van der Waals surface area contributed by atoms with E-state index in [4.69, 9.17) is 9.84 Å². The van der Waals surface area contributed by atoms with Gasteiger partial charge >= 0.3 is 5.97 Å². The van der Waals surface area contributed by atoms with E-state index in [1.165, 1.54) is 0 Å². The van der Waals surface area contributed by atoms with Crippen LogP contribution in [0, 0.1) is 5.92 Å². The Kier molecular flexibility index (Phi) is 7.22. The molecule has 1 aromatic carbocycles. The van der Waals surface area contributed by atoms with Gasteiger partial charge in [-0.15, -0.1) is 0 Å². The Morgan fingerprint density at radius 3 is 2.48 bits per heavy atom. The smallest absolute Gasteiger partial charge is 0.306 e. The van der Waals surface area contributed by atoms with Crippen molar-refractivity contribution in [2.75, 3.05) is 6.54 Å². The molecule has 0 aliphatic rings. The van der Waals surface area contributed by atoms with E-state index < -0.39 is 18.0 Å². The third-order valence-electron chi connectivity index (χ3n) is 3.03. The number of carboxylic acids is 1. The molecule has 2 unspecified atom stereocenters. The highest BCUT2D eigenvalue weighted by Gasteiger charge is 2.15. The number of carboxylic acid groups (broad SMARTS) is 1. The van der Waals surface area contributed by atoms with Gasteiger partial charge in [-0.2, -0.15) is 0 Å². The number of nitrogens with one attached hydrogen (secondary N) is 1. The largest absolute Gasteiger partial charge is 0.481 e. The Labute approximate surface area is 132 Å². The lowest BCUT2D eigenvalue weighted by molar-refractivity contribution is -0.141. The molecular weight excluding hydrogens is 338 g/mol. The van der Waals surface area contributed by atoms with Crippen LogP contribution in [0.2, 0.25) is 0 Å². The summed E-state index contributed by atoms with van der Waals surface area (Å²) in [7, 11) is 0. The molecule has 2 N–H and O–H groups in total. The fraction of sp³-hybridized carbons (Fsp3) is 0.467. The first-order valence-corrected chi connectivity index (χ1v) is 7.62. The third kappa shape index (κ3) is 6.62. The molecular formula is C15H20BrNO4. The highest BCUT2D eigenvalue weighted by atomic mass is 79.9. The molecule has 0 fully saturated rings. The number of aliphatic carboxylic acids is 1. The maximum atomic E-state index is 11.8. The van der Waals surface area contributed by atoms with E-state index in [-0.39, 0.29) is 5.91 Å². The van der Waals surface area contributed by atoms with Crippen LogP contribution in [0.5, 0.6) is 5.75 Å². The van der Waals surface area contributed by atoms with Gasteiger partial charge in [0.25, 0.3) is 5.91 Å². The summed E-state index contributed by atoms with van der Waals surface area (Å²) < 4.78 is 6.46. The summed E-state index contributed by atoms with van der Waals surface area (Å²) in [4.78, 5) is 22.5. The zero-order valence-electron chi connectivity index (χ0n) is 12.1. The molecule has 6 heteroatoms. The van der Waals surface area contributed by atoms with Crippen molar-refractivity contribution >= 4 is 27.8 Å². The van der Waals surface area contributed by atoms with E-state index in [1.807, 2.05) is 12.1 Å². The Balaban J connectivity index is 2.28. The molecule has 0 saturated carbocycles. The predicted molar refractivity (Wildman–Crippen MR) is 83.3 cm³/mol. The zero-order valence-corrected chi connectivity index (χ0v) is 13.7. The number of hydrogen-bond donors (Lipinski definition) is 2. The van der Waals surface area contributed by atoms with E-state index in [1.54, 1.807) is 26.0 Å². The number of halogens is 1. The summed E-state index contributed by atoms with van der Waals surface area (Å²) in [6.07, 6.45) is 0.574. The number of carbonyl (C=O) groups is 2. The van der Waals surface area contributed by atoms with Crippen LogP contribution in [0.15, 0.2) is 28.7 Å². The number of amides is 1. The Morgan fingerprint density at radius 1 is 1.29 bits per heavy atom. The molecule has 0 aliphatic heterocycles. The second-order valence-electron chi connectivity index (χ2n) is 4.89. The standard InChI is InChI=1S/C15H20BrNO4/c1-10(15(19)20)4-3-9-17-14(18)11(2)21-13-7-5-12(16)6-8-13/h5-8,10-11H,3-4,9H2,1-2H3,(H,17,18)(H,19,20). The van der Waals surface area contributed by atoms with Crippen LogP contribution in [-0.2, 0) is 9.59 Å². The number of rotatable bonds is 8. The lowest BCUT2D eigenvalue weighted by Crippen LogP contribution is -2.37. The quantitative estimate of drug-likeness (QED) is 0.701. The summed E-state index contributed by atoms with van der Waals surface area (Å²) in [5.41, 5.74) is 0. The minimum Gasteiger partial charge on any atom is -0.481 e. The van der Waals surface area contributed by atoms with Crippen molar-refractivity contribution in [2.45, 2.75) is 32.8 Å². The fourth-order valence-corrected chi connectivity index (χ4v) is 1.92. The Hall–Kier alpha value is -1.56. The predicted octanol–water partition coefficient (Wildman–Crippen LogP) is 2.83. The highest BCUT2D eigenvalue weighted by Crippen LogP contribution is 2.17. The molecule has 0 aliphatic carbocycles. The van der Waals surface area contributed by atoms with Crippen molar-refractivity contribution < 1.29 is 19.4 Å². The van der Waals surface area contributed by atoms with Crippen LogP contribution in [0.4, 0.5) is 0 Å². The van der Waals surface area contributed by atoms with Gasteiger partial charge in [-0.3, -0.25) is 9.59 Å². The Morgan fingerprint density at radius 2 is 1.90 bits per heavy atom.